The number of nitrogens with zero attached hydrogens (tertiary/aromatic N) is 1. The fourth-order valence-electron chi connectivity index (χ4n) is 4.06. The van der Waals surface area contributed by atoms with Crippen LogP contribution in [0, 0.1) is 12.8 Å². The van der Waals surface area contributed by atoms with Crippen LogP contribution in [0.5, 0.6) is 0 Å². The smallest absolute Gasteiger partial charge is 0.0537 e. The first-order valence-electron chi connectivity index (χ1n) is 8.68. The summed E-state index contributed by atoms with van der Waals surface area (Å²) < 4.78 is 3.57. The van der Waals surface area contributed by atoms with E-state index in [1.54, 1.807) is 0 Å². The number of halogens is 1. The van der Waals surface area contributed by atoms with Crippen LogP contribution in [0.3, 0.4) is 0 Å². The van der Waals surface area contributed by atoms with Crippen LogP contribution in [0.15, 0.2) is 76.8 Å². The van der Waals surface area contributed by atoms with Crippen LogP contribution in [-0.4, -0.2) is 4.57 Å². The lowest BCUT2D eigenvalue weighted by Gasteiger charge is -2.23. The van der Waals surface area contributed by atoms with Gasteiger partial charge in [0.25, 0.3) is 0 Å². The van der Waals surface area contributed by atoms with Crippen LogP contribution in [0.25, 0.3) is 22.7 Å². The van der Waals surface area contributed by atoms with Gasteiger partial charge in [0.15, 0.2) is 0 Å². The number of rotatable bonds is 1. The highest BCUT2D eigenvalue weighted by Crippen LogP contribution is 2.39. The second-order valence-corrected chi connectivity index (χ2v) is 7.70. The lowest BCUT2D eigenvalue weighted by Crippen LogP contribution is -2.12. The van der Waals surface area contributed by atoms with Crippen LogP contribution in [-0.2, 0) is 6.42 Å². The number of aromatic nitrogens is 1. The van der Waals surface area contributed by atoms with Crippen molar-refractivity contribution in [2.45, 2.75) is 13.3 Å². The SMILES string of the molecule is Cc1cc(-n2c3c(c4ccccc42)CC2C=CC=CC2=C3)ccc1Br. The fraction of sp³-hybridized carbons (Fsp3) is 0.130. The Morgan fingerprint density at radius 1 is 1.08 bits per heavy atom. The predicted molar refractivity (Wildman–Crippen MR) is 109 cm³/mol. The highest BCUT2D eigenvalue weighted by atomic mass is 79.9. The van der Waals surface area contributed by atoms with Crippen LogP contribution >= 0.6 is 15.9 Å². The van der Waals surface area contributed by atoms with Crippen molar-refractivity contribution in [2.24, 2.45) is 5.92 Å². The van der Waals surface area contributed by atoms with Gasteiger partial charge in [0.05, 0.1) is 11.2 Å². The highest BCUT2D eigenvalue weighted by molar-refractivity contribution is 9.10. The molecule has 0 saturated carbocycles. The van der Waals surface area contributed by atoms with Gasteiger partial charge >= 0.3 is 0 Å². The minimum Gasteiger partial charge on any atom is -0.310 e. The number of aryl methyl sites for hydroxylation is 1. The van der Waals surface area contributed by atoms with E-state index in [1.807, 2.05) is 0 Å². The molecule has 0 spiro atoms. The van der Waals surface area contributed by atoms with E-state index in [2.05, 4.69) is 100 Å². The summed E-state index contributed by atoms with van der Waals surface area (Å²) in [4.78, 5) is 0. The zero-order chi connectivity index (χ0) is 17.0. The van der Waals surface area contributed by atoms with Crippen molar-refractivity contribution in [3.05, 3.63) is 93.6 Å². The zero-order valence-electron chi connectivity index (χ0n) is 14.0. The third-order valence-corrected chi connectivity index (χ3v) is 6.21. The number of allylic oxidation sites excluding steroid dienone is 5. The van der Waals surface area contributed by atoms with E-state index >= 15 is 0 Å². The van der Waals surface area contributed by atoms with Crippen molar-refractivity contribution in [3.8, 4) is 5.69 Å². The summed E-state index contributed by atoms with van der Waals surface area (Å²) in [6.45, 7) is 2.15. The topological polar surface area (TPSA) is 4.93 Å². The summed E-state index contributed by atoms with van der Waals surface area (Å²) in [6, 6.07) is 15.4. The number of benzene rings is 2. The molecule has 1 unspecified atom stereocenters. The minimum atomic E-state index is 0.503. The van der Waals surface area contributed by atoms with Gasteiger partial charge in [-0.25, -0.2) is 0 Å². The van der Waals surface area contributed by atoms with Crippen LogP contribution in [0.4, 0.5) is 0 Å². The molecular weight excluding hydrogens is 370 g/mol. The quantitative estimate of drug-likeness (QED) is 0.456. The van der Waals surface area contributed by atoms with Gasteiger partial charge in [-0.1, -0.05) is 58.4 Å². The van der Waals surface area contributed by atoms with Crippen molar-refractivity contribution in [2.75, 3.05) is 0 Å². The molecule has 0 radical (unpaired) electrons. The summed E-state index contributed by atoms with van der Waals surface area (Å²) >= 11 is 3.62. The fourth-order valence-corrected chi connectivity index (χ4v) is 4.30. The van der Waals surface area contributed by atoms with E-state index in [4.69, 9.17) is 0 Å². The molecule has 1 atom stereocenters. The first-order valence-corrected chi connectivity index (χ1v) is 9.47. The lowest BCUT2D eigenvalue weighted by atomic mass is 9.83. The van der Waals surface area contributed by atoms with Crippen LogP contribution < -0.4 is 0 Å². The van der Waals surface area contributed by atoms with Crippen molar-refractivity contribution >= 4 is 32.9 Å². The highest BCUT2D eigenvalue weighted by Gasteiger charge is 2.25. The summed E-state index contributed by atoms with van der Waals surface area (Å²) in [7, 11) is 0. The summed E-state index contributed by atoms with van der Waals surface area (Å²) in [6.07, 6.45) is 12.3. The largest absolute Gasteiger partial charge is 0.310 e. The van der Waals surface area contributed by atoms with E-state index in [-0.39, 0.29) is 0 Å². The summed E-state index contributed by atoms with van der Waals surface area (Å²) in [5.74, 6) is 0.503. The number of hydrogen-bond acceptors (Lipinski definition) is 0. The Morgan fingerprint density at radius 2 is 1.96 bits per heavy atom. The molecule has 2 aliphatic carbocycles. The maximum Gasteiger partial charge on any atom is 0.0537 e. The molecule has 0 fully saturated rings. The second-order valence-electron chi connectivity index (χ2n) is 6.85. The van der Waals surface area contributed by atoms with Gasteiger partial charge in [-0.3, -0.25) is 0 Å². The lowest BCUT2D eigenvalue weighted by molar-refractivity contribution is 0.758. The van der Waals surface area contributed by atoms with Crippen molar-refractivity contribution in [1.29, 1.82) is 0 Å². The molecule has 0 saturated heterocycles. The van der Waals surface area contributed by atoms with Gasteiger partial charge in [0.2, 0.25) is 0 Å². The summed E-state index contributed by atoms with van der Waals surface area (Å²) in [5, 5.41) is 1.37. The van der Waals surface area contributed by atoms with Crippen LogP contribution in [0.1, 0.15) is 16.8 Å². The van der Waals surface area contributed by atoms with E-state index in [0.29, 0.717) is 5.92 Å². The monoisotopic (exact) mass is 387 g/mol. The third kappa shape index (κ3) is 2.28. The average Bonchev–Trinajstić information content (AvgIpc) is 2.96. The van der Waals surface area contributed by atoms with Gasteiger partial charge in [-0.15, -0.1) is 0 Å². The molecule has 122 valence electrons. The maximum absolute atomic E-state index is 3.62. The van der Waals surface area contributed by atoms with E-state index in [9.17, 15) is 0 Å². The molecule has 1 aromatic heterocycles. The minimum absolute atomic E-state index is 0.503. The molecule has 2 aromatic carbocycles. The van der Waals surface area contributed by atoms with Gasteiger partial charge < -0.3 is 4.57 Å². The third-order valence-electron chi connectivity index (χ3n) is 5.32. The predicted octanol–water partition coefficient (Wildman–Crippen LogP) is 6.38. The Balaban J connectivity index is 1.84. The maximum atomic E-state index is 3.62. The molecule has 2 heteroatoms. The molecule has 0 amide bonds. The first-order chi connectivity index (χ1) is 12.2. The van der Waals surface area contributed by atoms with Gasteiger partial charge in [-0.05, 0) is 60.4 Å². The Hall–Kier alpha value is -2.32. The Labute approximate surface area is 156 Å². The molecule has 0 bridgehead atoms. The Morgan fingerprint density at radius 3 is 2.84 bits per heavy atom. The van der Waals surface area contributed by atoms with Crippen LogP contribution in [0.2, 0.25) is 0 Å². The number of para-hydroxylation sites is 1. The molecule has 0 N–H and O–H groups in total. The van der Waals surface area contributed by atoms with Gasteiger partial charge in [-0.2, -0.15) is 0 Å². The molecule has 5 rings (SSSR count). The number of fused-ring (bicyclic) bond motifs is 4. The normalized spacial score (nSPS) is 18.2. The summed E-state index contributed by atoms with van der Waals surface area (Å²) in [5.41, 5.74) is 7.97. The molecular formula is C23H18BrN. The molecule has 3 aromatic rings. The van der Waals surface area contributed by atoms with Gasteiger partial charge in [0, 0.05) is 21.5 Å². The molecule has 25 heavy (non-hydrogen) atoms. The standard InChI is InChI=1S/C23H18BrN/c1-15-12-18(10-11-21(15)24)25-22-9-5-4-8-19(22)20-13-16-6-2-3-7-17(16)14-23(20)25/h2-12,14,16H,13H2,1H3. The van der Waals surface area contributed by atoms with E-state index < -0.39 is 0 Å². The molecule has 2 aliphatic rings. The van der Waals surface area contributed by atoms with Crippen molar-refractivity contribution in [3.63, 3.8) is 0 Å². The number of hydrogen-bond donors (Lipinski definition) is 0. The first kappa shape index (κ1) is 15.0. The van der Waals surface area contributed by atoms with E-state index in [1.165, 1.54) is 39.0 Å². The average molecular weight is 388 g/mol. The van der Waals surface area contributed by atoms with E-state index in [0.717, 1.165) is 10.9 Å². The van der Waals surface area contributed by atoms with Crippen molar-refractivity contribution in [1.82, 2.24) is 4.57 Å². The van der Waals surface area contributed by atoms with Crippen molar-refractivity contribution < 1.29 is 0 Å². The van der Waals surface area contributed by atoms with Gasteiger partial charge in [0.1, 0.15) is 0 Å². The Bertz CT molecular complexity index is 1090. The second kappa shape index (κ2) is 5.60. The zero-order valence-corrected chi connectivity index (χ0v) is 15.6. The molecule has 1 heterocycles. The Kier molecular flexibility index (Phi) is 3.36. The molecule has 0 aliphatic heterocycles. The molecule has 1 nitrogen and oxygen atoms in total.